The van der Waals surface area contributed by atoms with Gasteiger partial charge in [0, 0.05) is 11.1 Å². The molecule has 1 fully saturated rings. The minimum Gasteiger partial charge on any atom is -0.461 e. The van der Waals surface area contributed by atoms with Crippen LogP contribution in [0.3, 0.4) is 0 Å². The summed E-state index contributed by atoms with van der Waals surface area (Å²) < 4.78 is 30.6. The fraction of sp³-hybridized carbons (Fsp3) is 0.355. The van der Waals surface area contributed by atoms with Crippen LogP contribution in [-0.4, -0.2) is 17.6 Å². The number of allylic oxidation sites excluding steroid dienone is 2. The normalized spacial score (nSPS) is 14.9. The summed E-state index contributed by atoms with van der Waals surface area (Å²) in [7, 11) is 0. The van der Waals surface area contributed by atoms with E-state index in [1.165, 1.54) is 41.2 Å². The van der Waals surface area contributed by atoms with Crippen LogP contribution in [-0.2, 0) is 11.2 Å². The summed E-state index contributed by atoms with van der Waals surface area (Å²) in [6.45, 7) is 6.13. The highest BCUT2D eigenvalue weighted by Gasteiger charge is 2.23. The van der Waals surface area contributed by atoms with Gasteiger partial charge in [-0.15, -0.1) is 0 Å². The van der Waals surface area contributed by atoms with Crippen molar-refractivity contribution in [1.29, 1.82) is 0 Å². The van der Waals surface area contributed by atoms with Crippen LogP contribution >= 0.6 is 11.6 Å². The Balaban J connectivity index is 0.000000222. The standard InChI is InChI=1S/C21H22ClNO2.C10H10F2/c1-4-25-21(24)20-14(3)9-11-19(23-20)17-7-5-6-16(17)18-12-15(22)10-8-13(18)2;11-9-4-3-8(10(12)6-9)5-7-1-2-7/h8-12H,4-7H2,1-3H3;3-4,6-7H,1-2,5H2. The Labute approximate surface area is 222 Å². The Bertz CT molecular complexity index is 1330. The van der Waals surface area contributed by atoms with Crippen molar-refractivity contribution in [2.24, 2.45) is 5.92 Å². The second-order valence-electron chi connectivity index (χ2n) is 9.74. The number of esters is 1. The van der Waals surface area contributed by atoms with E-state index in [2.05, 4.69) is 11.9 Å². The van der Waals surface area contributed by atoms with Gasteiger partial charge in [-0.25, -0.2) is 18.6 Å². The van der Waals surface area contributed by atoms with E-state index in [0.717, 1.165) is 48.0 Å². The van der Waals surface area contributed by atoms with Gasteiger partial charge in [0.1, 0.15) is 11.6 Å². The third-order valence-electron chi connectivity index (χ3n) is 6.84. The van der Waals surface area contributed by atoms with E-state index in [1.807, 2.05) is 37.3 Å². The third kappa shape index (κ3) is 6.84. The molecular weight excluding hydrogens is 492 g/mol. The lowest BCUT2D eigenvalue weighted by Crippen LogP contribution is -2.10. The summed E-state index contributed by atoms with van der Waals surface area (Å²) in [5, 5.41) is 0.739. The molecular formula is C31H32ClF2NO2. The van der Waals surface area contributed by atoms with Crippen LogP contribution in [0.1, 0.15) is 77.5 Å². The molecule has 194 valence electrons. The van der Waals surface area contributed by atoms with Crippen LogP contribution in [0, 0.1) is 31.4 Å². The Morgan fingerprint density at radius 2 is 1.73 bits per heavy atom. The monoisotopic (exact) mass is 523 g/mol. The van der Waals surface area contributed by atoms with Crippen LogP contribution in [0.15, 0.2) is 48.5 Å². The van der Waals surface area contributed by atoms with E-state index in [-0.39, 0.29) is 5.97 Å². The number of aromatic nitrogens is 1. The first-order valence-corrected chi connectivity index (χ1v) is 13.2. The number of pyridine rings is 1. The molecule has 0 aliphatic heterocycles. The number of carbonyl (C=O) groups excluding carboxylic acids is 1. The number of ether oxygens (including phenoxy) is 1. The zero-order valence-electron chi connectivity index (χ0n) is 21.5. The minimum absolute atomic E-state index is 0.347. The highest BCUT2D eigenvalue weighted by Crippen LogP contribution is 2.41. The number of carbonyl (C=O) groups is 1. The molecule has 2 aliphatic carbocycles. The zero-order chi connectivity index (χ0) is 26.5. The lowest BCUT2D eigenvalue weighted by atomic mass is 9.96. The highest BCUT2D eigenvalue weighted by molar-refractivity contribution is 6.30. The molecule has 0 spiro atoms. The highest BCUT2D eigenvalue weighted by atomic mass is 35.5. The van der Waals surface area contributed by atoms with Crippen LogP contribution in [0.2, 0.25) is 5.02 Å². The quantitative estimate of drug-likeness (QED) is 0.304. The summed E-state index contributed by atoms with van der Waals surface area (Å²) in [5.41, 5.74) is 7.63. The van der Waals surface area contributed by atoms with Crippen molar-refractivity contribution in [3.8, 4) is 0 Å². The Kier molecular flexibility index (Phi) is 8.75. The Morgan fingerprint density at radius 3 is 2.43 bits per heavy atom. The molecule has 2 aromatic carbocycles. The van der Waals surface area contributed by atoms with E-state index in [4.69, 9.17) is 16.3 Å². The fourth-order valence-corrected chi connectivity index (χ4v) is 4.84. The van der Waals surface area contributed by atoms with Crippen LogP contribution in [0.5, 0.6) is 0 Å². The molecule has 0 N–H and O–H groups in total. The number of hydrogen-bond donors (Lipinski definition) is 0. The van der Waals surface area contributed by atoms with Gasteiger partial charge in [-0.05, 0) is 123 Å². The number of benzene rings is 2. The fourth-order valence-electron chi connectivity index (χ4n) is 4.67. The third-order valence-corrected chi connectivity index (χ3v) is 7.07. The molecule has 1 heterocycles. The summed E-state index contributed by atoms with van der Waals surface area (Å²) in [4.78, 5) is 16.8. The van der Waals surface area contributed by atoms with Crippen LogP contribution in [0.4, 0.5) is 8.78 Å². The Morgan fingerprint density at radius 1 is 1.00 bits per heavy atom. The average Bonchev–Trinajstić information content (AvgIpc) is 3.56. The molecule has 5 rings (SSSR count). The first kappa shape index (κ1) is 27.0. The van der Waals surface area contributed by atoms with Crippen molar-refractivity contribution in [3.63, 3.8) is 0 Å². The molecule has 1 aromatic heterocycles. The van der Waals surface area contributed by atoms with Crippen molar-refractivity contribution < 1.29 is 18.3 Å². The molecule has 0 bridgehead atoms. The first-order valence-electron chi connectivity index (χ1n) is 12.8. The second-order valence-corrected chi connectivity index (χ2v) is 10.2. The van der Waals surface area contributed by atoms with E-state index in [0.29, 0.717) is 23.8 Å². The molecule has 37 heavy (non-hydrogen) atoms. The lowest BCUT2D eigenvalue weighted by molar-refractivity contribution is 0.0518. The molecule has 0 atom stereocenters. The smallest absolute Gasteiger partial charge is 0.357 e. The van der Waals surface area contributed by atoms with Gasteiger partial charge in [0.25, 0.3) is 0 Å². The summed E-state index contributed by atoms with van der Waals surface area (Å²) in [6.07, 6.45) is 6.20. The van der Waals surface area contributed by atoms with Gasteiger partial charge in [-0.3, -0.25) is 0 Å². The summed E-state index contributed by atoms with van der Waals surface area (Å²) >= 11 is 6.21. The maximum atomic E-state index is 13.0. The van der Waals surface area contributed by atoms with Crippen molar-refractivity contribution in [2.45, 2.75) is 59.3 Å². The lowest BCUT2D eigenvalue weighted by Gasteiger charge is -2.13. The molecule has 3 nitrogen and oxygen atoms in total. The molecule has 6 heteroatoms. The minimum atomic E-state index is -0.493. The van der Waals surface area contributed by atoms with E-state index in [9.17, 15) is 13.6 Å². The second kappa shape index (κ2) is 12.0. The molecule has 0 saturated heterocycles. The van der Waals surface area contributed by atoms with Crippen molar-refractivity contribution in [1.82, 2.24) is 4.98 Å². The summed E-state index contributed by atoms with van der Waals surface area (Å²) in [5.74, 6) is -0.611. The predicted molar refractivity (Wildman–Crippen MR) is 145 cm³/mol. The molecule has 1 saturated carbocycles. The van der Waals surface area contributed by atoms with Crippen molar-refractivity contribution in [3.05, 3.63) is 98.8 Å². The van der Waals surface area contributed by atoms with Gasteiger partial charge in [0.05, 0.1) is 12.3 Å². The molecule has 0 unspecified atom stereocenters. The zero-order valence-corrected chi connectivity index (χ0v) is 22.3. The van der Waals surface area contributed by atoms with Crippen LogP contribution in [0.25, 0.3) is 11.1 Å². The van der Waals surface area contributed by atoms with E-state index in [1.54, 1.807) is 13.0 Å². The molecule has 0 amide bonds. The maximum absolute atomic E-state index is 13.0. The van der Waals surface area contributed by atoms with Crippen molar-refractivity contribution >= 4 is 28.7 Å². The largest absolute Gasteiger partial charge is 0.461 e. The first-order chi connectivity index (χ1) is 17.8. The number of nitrogens with zero attached hydrogens (tertiary/aromatic N) is 1. The predicted octanol–water partition coefficient (Wildman–Crippen LogP) is 8.54. The van der Waals surface area contributed by atoms with Crippen LogP contribution < -0.4 is 0 Å². The number of aryl methyl sites for hydroxylation is 2. The van der Waals surface area contributed by atoms with Gasteiger partial charge in [0.2, 0.25) is 0 Å². The number of rotatable bonds is 6. The summed E-state index contributed by atoms with van der Waals surface area (Å²) in [6, 6.07) is 13.8. The van der Waals surface area contributed by atoms with Gasteiger partial charge < -0.3 is 4.74 Å². The molecule has 2 aliphatic rings. The average molecular weight is 524 g/mol. The molecule has 3 aromatic rings. The number of halogens is 3. The van der Waals surface area contributed by atoms with Gasteiger partial charge in [-0.1, -0.05) is 29.8 Å². The van der Waals surface area contributed by atoms with Gasteiger partial charge in [-0.2, -0.15) is 0 Å². The topological polar surface area (TPSA) is 39.2 Å². The van der Waals surface area contributed by atoms with Crippen molar-refractivity contribution in [2.75, 3.05) is 6.61 Å². The van der Waals surface area contributed by atoms with E-state index < -0.39 is 11.6 Å². The van der Waals surface area contributed by atoms with E-state index >= 15 is 0 Å². The maximum Gasteiger partial charge on any atom is 0.357 e. The Hall–Kier alpha value is -3.05. The SMILES string of the molecule is CCOC(=O)c1nc(C2=C(c3cc(Cl)ccc3C)CCC2)ccc1C.Fc1ccc(CC2CC2)c(F)c1. The molecule has 0 radical (unpaired) electrons. The van der Waals surface area contributed by atoms with Gasteiger partial charge >= 0.3 is 5.97 Å². The number of hydrogen-bond acceptors (Lipinski definition) is 3. The van der Waals surface area contributed by atoms with Gasteiger partial charge in [0.15, 0.2) is 5.69 Å².